The number of fused-ring (bicyclic) bond motifs is 1. The third-order valence-corrected chi connectivity index (χ3v) is 4.43. The highest BCUT2D eigenvalue weighted by atomic mass is 32.2. The van der Waals surface area contributed by atoms with E-state index in [0.29, 0.717) is 31.6 Å². The number of rotatable bonds is 3. The molecule has 8 heteroatoms. The van der Waals surface area contributed by atoms with Gasteiger partial charge in [0.25, 0.3) is 5.91 Å². The molecule has 0 unspecified atom stereocenters. The SMILES string of the molecule is CSc1nc(-c2ccoc2)c2c(N)c(C(N)=O)sc2n1. The molecule has 0 aliphatic heterocycles. The Morgan fingerprint density at radius 2 is 2.25 bits per heavy atom. The van der Waals surface area contributed by atoms with Crippen LogP contribution >= 0.6 is 23.1 Å². The number of nitrogens with two attached hydrogens (primary N) is 2. The summed E-state index contributed by atoms with van der Waals surface area (Å²) < 4.78 is 5.09. The van der Waals surface area contributed by atoms with E-state index in [0.717, 1.165) is 5.56 Å². The summed E-state index contributed by atoms with van der Waals surface area (Å²) in [7, 11) is 0. The average Bonchev–Trinajstić information content (AvgIpc) is 3.06. The highest BCUT2D eigenvalue weighted by Gasteiger charge is 2.21. The molecule has 0 aliphatic carbocycles. The first-order valence-corrected chi connectivity index (χ1v) is 7.62. The number of carbonyl (C=O) groups excluding carboxylic acids is 1. The van der Waals surface area contributed by atoms with E-state index in [1.165, 1.54) is 23.1 Å². The number of nitrogen functional groups attached to an aromatic ring is 1. The molecule has 0 radical (unpaired) electrons. The van der Waals surface area contributed by atoms with Gasteiger partial charge in [-0.25, -0.2) is 9.97 Å². The largest absolute Gasteiger partial charge is 0.472 e. The fraction of sp³-hybridized carbons (Fsp3) is 0.0833. The van der Waals surface area contributed by atoms with Crippen molar-refractivity contribution in [3.8, 4) is 11.3 Å². The topological polar surface area (TPSA) is 108 Å². The van der Waals surface area contributed by atoms with Crippen LogP contribution in [-0.2, 0) is 0 Å². The van der Waals surface area contributed by atoms with Gasteiger partial charge in [-0.05, 0) is 12.3 Å². The second-order valence-corrected chi connectivity index (χ2v) is 5.73. The average molecular weight is 306 g/mol. The van der Waals surface area contributed by atoms with E-state index in [1.54, 1.807) is 18.6 Å². The predicted molar refractivity (Wildman–Crippen MR) is 79.8 cm³/mol. The lowest BCUT2D eigenvalue weighted by Crippen LogP contribution is -2.10. The third-order valence-electron chi connectivity index (χ3n) is 2.77. The number of aromatic nitrogens is 2. The van der Waals surface area contributed by atoms with Gasteiger partial charge in [0.2, 0.25) is 0 Å². The fourth-order valence-corrected chi connectivity index (χ4v) is 3.25. The van der Waals surface area contributed by atoms with Crippen molar-refractivity contribution in [1.82, 2.24) is 9.97 Å². The number of hydrogen-bond acceptors (Lipinski definition) is 7. The lowest BCUT2D eigenvalue weighted by Gasteiger charge is -2.03. The maximum atomic E-state index is 11.4. The van der Waals surface area contributed by atoms with Gasteiger partial charge in [0.15, 0.2) is 5.16 Å². The van der Waals surface area contributed by atoms with E-state index < -0.39 is 5.91 Å². The quantitative estimate of drug-likeness (QED) is 0.568. The molecule has 0 atom stereocenters. The Morgan fingerprint density at radius 1 is 1.45 bits per heavy atom. The van der Waals surface area contributed by atoms with Crippen LogP contribution in [0.15, 0.2) is 28.2 Å². The Balaban J connectivity index is 2.39. The molecule has 3 rings (SSSR count). The number of amides is 1. The van der Waals surface area contributed by atoms with E-state index in [1.807, 2.05) is 6.26 Å². The molecule has 1 amide bonds. The van der Waals surface area contributed by atoms with Crippen molar-refractivity contribution in [3.05, 3.63) is 23.5 Å². The van der Waals surface area contributed by atoms with Crippen molar-refractivity contribution in [2.45, 2.75) is 5.16 Å². The number of thioether (sulfide) groups is 1. The molecule has 6 nitrogen and oxygen atoms in total. The summed E-state index contributed by atoms with van der Waals surface area (Å²) >= 11 is 2.59. The number of primary amides is 1. The summed E-state index contributed by atoms with van der Waals surface area (Å²) in [6, 6.07) is 1.78. The van der Waals surface area contributed by atoms with Gasteiger partial charge in [-0.3, -0.25) is 4.79 Å². The summed E-state index contributed by atoms with van der Waals surface area (Å²) in [5, 5.41) is 1.24. The molecule has 3 aromatic heterocycles. The maximum absolute atomic E-state index is 11.4. The molecule has 0 saturated carbocycles. The zero-order chi connectivity index (χ0) is 14.3. The summed E-state index contributed by atoms with van der Waals surface area (Å²) in [6.45, 7) is 0. The number of thiophene rings is 1. The molecule has 0 spiro atoms. The molecule has 0 aromatic carbocycles. The lowest BCUT2D eigenvalue weighted by molar-refractivity contribution is 0.100. The van der Waals surface area contributed by atoms with Gasteiger partial charge in [-0.1, -0.05) is 11.8 Å². The summed E-state index contributed by atoms with van der Waals surface area (Å²) in [5.41, 5.74) is 13.1. The van der Waals surface area contributed by atoms with Gasteiger partial charge in [-0.15, -0.1) is 11.3 Å². The molecule has 3 heterocycles. The first-order valence-electron chi connectivity index (χ1n) is 5.58. The minimum Gasteiger partial charge on any atom is -0.472 e. The van der Waals surface area contributed by atoms with Crippen LogP contribution in [0.3, 0.4) is 0 Å². The fourth-order valence-electron chi connectivity index (χ4n) is 1.88. The number of anilines is 1. The minimum absolute atomic E-state index is 0.303. The summed E-state index contributed by atoms with van der Waals surface area (Å²) in [6.07, 6.45) is 5.01. The molecule has 0 aliphatic rings. The predicted octanol–water partition coefficient (Wildman–Crippen LogP) is 2.35. The number of carbonyl (C=O) groups is 1. The summed E-state index contributed by atoms with van der Waals surface area (Å²) in [5.74, 6) is -0.561. The van der Waals surface area contributed by atoms with Crippen LogP contribution in [0.2, 0.25) is 0 Å². The number of hydrogen-bond donors (Lipinski definition) is 2. The van der Waals surface area contributed by atoms with Gasteiger partial charge in [0.1, 0.15) is 9.71 Å². The molecule has 3 aromatic rings. The summed E-state index contributed by atoms with van der Waals surface area (Å²) in [4.78, 5) is 21.2. The first kappa shape index (κ1) is 12.9. The Hall–Kier alpha value is -2.06. The second-order valence-electron chi connectivity index (χ2n) is 3.96. The van der Waals surface area contributed by atoms with Crippen molar-refractivity contribution in [2.24, 2.45) is 5.73 Å². The third kappa shape index (κ3) is 1.93. The molecule has 0 bridgehead atoms. The first-order chi connectivity index (χ1) is 9.61. The van der Waals surface area contributed by atoms with Crippen molar-refractivity contribution in [2.75, 3.05) is 12.0 Å². The smallest absolute Gasteiger partial charge is 0.260 e. The van der Waals surface area contributed by atoms with Gasteiger partial charge >= 0.3 is 0 Å². The van der Waals surface area contributed by atoms with Crippen LogP contribution in [0.1, 0.15) is 9.67 Å². The molecule has 0 fully saturated rings. The van der Waals surface area contributed by atoms with Gasteiger partial charge in [0.05, 0.1) is 29.3 Å². The molecule has 0 saturated heterocycles. The van der Waals surface area contributed by atoms with Crippen LogP contribution in [0.4, 0.5) is 5.69 Å². The molecule has 102 valence electrons. The van der Waals surface area contributed by atoms with E-state index in [-0.39, 0.29) is 0 Å². The van der Waals surface area contributed by atoms with Crippen LogP contribution in [0.25, 0.3) is 21.5 Å². The lowest BCUT2D eigenvalue weighted by atomic mass is 10.1. The Morgan fingerprint density at radius 3 is 2.85 bits per heavy atom. The van der Waals surface area contributed by atoms with Crippen LogP contribution < -0.4 is 11.5 Å². The Kier molecular flexibility index (Phi) is 3.11. The van der Waals surface area contributed by atoms with Crippen LogP contribution in [0, 0.1) is 0 Å². The zero-order valence-electron chi connectivity index (χ0n) is 10.4. The van der Waals surface area contributed by atoms with Gasteiger partial charge in [0, 0.05) is 5.56 Å². The van der Waals surface area contributed by atoms with Gasteiger partial charge < -0.3 is 15.9 Å². The van der Waals surface area contributed by atoms with E-state index in [2.05, 4.69) is 9.97 Å². The number of nitrogens with zero attached hydrogens (tertiary/aromatic N) is 2. The molecular weight excluding hydrogens is 296 g/mol. The highest BCUT2D eigenvalue weighted by Crippen LogP contribution is 2.39. The Bertz CT molecular complexity index is 796. The minimum atomic E-state index is -0.561. The van der Waals surface area contributed by atoms with Crippen molar-refractivity contribution >= 4 is 44.9 Å². The van der Waals surface area contributed by atoms with Crippen molar-refractivity contribution < 1.29 is 9.21 Å². The van der Waals surface area contributed by atoms with Crippen LogP contribution in [-0.4, -0.2) is 22.1 Å². The standard InChI is InChI=1S/C12H10N4O2S2/c1-19-12-15-8(5-2-3-18-4-5)6-7(13)9(10(14)17)20-11(6)16-12/h2-4H,13H2,1H3,(H2,14,17). The van der Waals surface area contributed by atoms with Crippen molar-refractivity contribution in [3.63, 3.8) is 0 Å². The molecule has 20 heavy (non-hydrogen) atoms. The molecule has 4 N–H and O–H groups in total. The van der Waals surface area contributed by atoms with Gasteiger partial charge in [-0.2, -0.15) is 0 Å². The van der Waals surface area contributed by atoms with Crippen molar-refractivity contribution in [1.29, 1.82) is 0 Å². The number of furan rings is 1. The van der Waals surface area contributed by atoms with E-state index in [9.17, 15) is 4.79 Å². The highest BCUT2D eigenvalue weighted by molar-refractivity contribution is 7.98. The monoisotopic (exact) mass is 306 g/mol. The van der Waals surface area contributed by atoms with E-state index >= 15 is 0 Å². The second kappa shape index (κ2) is 4.80. The molecular formula is C12H10N4O2S2. The Labute approximate surface area is 122 Å². The maximum Gasteiger partial charge on any atom is 0.260 e. The zero-order valence-corrected chi connectivity index (χ0v) is 12.0. The van der Waals surface area contributed by atoms with E-state index in [4.69, 9.17) is 15.9 Å². The van der Waals surface area contributed by atoms with Crippen LogP contribution in [0.5, 0.6) is 0 Å². The normalized spacial score (nSPS) is 11.1.